The number of thiol groups is 1. The van der Waals surface area contributed by atoms with Crippen LogP contribution in [0.15, 0.2) is 10.9 Å². The molecule has 4 N–H and O–H groups in total. The molecule has 68 valence electrons. The van der Waals surface area contributed by atoms with Gasteiger partial charge in [-0.3, -0.25) is 0 Å². The summed E-state index contributed by atoms with van der Waals surface area (Å²) in [5, 5.41) is 0. The van der Waals surface area contributed by atoms with E-state index in [9.17, 15) is 4.91 Å². The predicted molar refractivity (Wildman–Crippen MR) is 50.7 cm³/mol. The fraction of sp³-hybridized carbons (Fsp3) is 0. The Bertz CT molecular complexity index is 513. The number of imidazole rings is 1. The standard InChI is InChI=1S/C5H6N6OS/c6-5-9-3-2(7-1-8-3)4(10-5)13-11-12/h1,13H,(H,7,8)(H3,6,9,10). The monoisotopic (exact) mass is 198 g/mol. The van der Waals surface area contributed by atoms with E-state index < -0.39 is 0 Å². The van der Waals surface area contributed by atoms with Gasteiger partial charge in [0.25, 0.3) is 0 Å². The van der Waals surface area contributed by atoms with E-state index in [1.807, 2.05) is 0 Å². The molecular weight excluding hydrogens is 192 g/mol. The molecule has 2 aromatic rings. The summed E-state index contributed by atoms with van der Waals surface area (Å²) in [6.45, 7) is 0. The second kappa shape index (κ2) is 2.98. The van der Waals surface area contributed by atoms with Crippen molar-refractivity contribution < 1.29 is 0 Å². The Morgan fingerprint density at radius 2 is 2.46 bits per heavy atom. The second-order valence-electron chi connectivity index (χ2n) is 2.25. The van der Waals surface area contributed by atoms with Gasteiger partial charge in [-0.1, -0.05) is 0 Å². The van der Waals surface area contributed by atoms with E-state index in [-0.39, 0.29) is 17.5 Å². The van der Waals surface area contributed by atoms with Gasteiger partial charge in [-0.15, -0.1) is 4.91 Å². The smallest absolute Gasteiger partial charge is 0.200 e. The molecule has 0 aromatic carbocycles. The van der Waals surface area contributed by atoms with Crippen LogP contribution in [0, 0.1) is 9.55 Å². The number of fused-ring (bicyclic) bond motifs is 1. The second-order valence-corrected chi connectivity index (χ2v) is 3.06. The Labute approximate surface area is 75.5 Å². The highest BCUT2D eigenvalue weighted by molar-refractivity contribution is 7.89. The van der Waals surface area contributed by atoms with Crippen LogP contribution in [0.4, 0.5) is 5.95 Å². The largest absolute Gasteiger partial charge is 0.369 e. The number of nitroso groups, excluding NO2 is 1. The summed E-state index contributed by atoms with van der Waals surface area (Å²) >= 11 is 0.262. The van der Waals surface area contributed by atoms with Crippen LogP contribution >= 0.6 is 11.5 Å². The maximum atomic E-state index is 10.1. The van der Waals surface area contributed by atoms with Crippen molar-refractivity contribution in [3.63, 3.8) is 0 Å². The van der Waals surface area contributed by atoms with Gasteiger partial charge in [-0.2, -0.15) is 4.98 Å². The number of nitrogens with one attached hydrogen (secondary N) is 2. The first-order valence-electron chi connectivity index (χ1n) is 3.36. The fourth-order valence-electron chi connectivity index (χ4n) is 0.988. The number of nitrogens with two attached hydrogens (primary N) is 1. The minimum Gasteiger partial charge on any atom is -0.369 e. The van der Waals surface area contributed by atoms with Crippen LogP contribution < -0.4 is 5.73 Å². The Morgan fingerprint density at radius 3 is 3.23 bits per heavy atom. The summed E-state index contributed by atoms with van der Waals surface area (Å²) in [6.07, 6.45) is 1.48. The maximum absolute atomic E-state index is 10.1. The van der Waals surface area contributed by atoms with Gasteiger partial charge in [0.1, 0.15) is 10.2 Å². The van der Waals surface area contributed by atoms with E-state index in [4.69, 9.17) is 5.73 Å². The topological polar surface area (TPSA) is 113 Å². The summed E-state index contributed by atoms with van der Waals surface area (Å²) < 4.78 is 3.30. The SMILES string of the molecule is Nc1nc2nc[nH]c2c(=[SH]N=O)[nH]1. The maximum Gasteiger partial charge on any atom is 0.200 e. The van der Waals surface area contributed by atoms with Crippen LogP contribution in [0.1, 0.15) is 0 Å². The predicted octanol–water partition coefficient (Wildman–Crippen LogP) is 0.547. The third-order valence-electron chi connectivity index (χ3n) is 1.47. The molecule has 0 saturated carbocycles. The quantitative estimate of drug-likeness (QED) is 0.304. The van der Waals surface area contributed by atoms with Gasteiger partial charge in [0.05, 0.1) is 6.33 Å². The van der Waals surface area contributed by atoms with E-state index in [2.05, 4.69) is 24.5 Å². The first kappa shape index (κ1) is 7.92. The van der Waals surface area contributed by atoms with E-state index in [0.717, 1.165) is 0 Å². The molecule has 0 aliphatic carbocycles. The molecule has 0 aliphatic rings. The summed E-state index contributed by atoms with van der Waals surface area (Å²) in [5.74, 6) is 0.214. The van der Waals surface area contributed by atoms with Crippen molar-refractivity contribution >= 4 is 28.6 Å². The van der Waals surface area contributed by atoms with Crippen molar-refractivity contribution in [2.24, 2.45) is 4.58 Å². The number of H-pyrrole nitrogens is 2. The molecule has 2 heterocycles. The van der Waals surface area contributed by atoms with E-state index in [1.54, 1.807) is 0 Å². The van der Waals surface area contributed by atoms with E-state index >= 15 is 0 Å². The van der Waals surface area contributed by atoms with Gasteiger partial charge in [0, 0.05) is 0 Å². The number of aromatic amines is 2. The molecule has 2 aromatic heterocycles. The molecule has 0 atom stereocenters. The molecule has 0 saturated heterocycles. The Morgan fingerprint density at radius 1 is 1.62 bits per heavy atom. The fourth-order valence-corrected chi connectivity index (χ4v) is 1.50. The van der Waals surface area contributed by atoms with Crippen LogP contribution in [0.2, 0.25) is 0 Å². The summed E-state index contributed by atoms with van der Waals surface area (Å²) in [7, 11) is 0. The molecule has 0 bridgehead atoms. The Balaban J connectivity index is 2.93. The molecule has 2 rings (SSSR count). The van der Waals surface area contributed by atoms with Crippen molar-refractivity contribution in [2.75, 3.05) is 5.73 Å². The lowest BCUT2D eigenvalue weighted by atomic mass is 10.6. The van der Waals surface area contributed by atoms with Gasteiger partial charge < -0.3 is 15.7 Å². The average molecular weight is 198 g/mol. The van der Waals surface area contributed by atoms with Crippen LogP contribution in [0.5, 0.6) is 0 Å². The first-order chi connectivity index (χ1) is 6.31. The number of anilines is 1. The van der Waals surface area contributed by atoms with Crippen LogP contribution in [0.3, 0.4) is 0 Å². The molecule has 0 aliphatic heterocycles. The highest BCUT2D eigenvalue weighted by Crippen LogP contribution is 2.10. The van der Waals surface area contributed by atoms with Gasteiger partial charge in [0.15, 0.2) is 11.6 Å². The number of hydrogen-bond acceptors (Lipinski definition) is 5. The molecule has 0 spiro atoms. The van der Waals surface area contributed by atoms with Gasteiger partial charge in [-0.25, -0.2) is 4.98 Å². The molecular formula is C5H6N6OS. The van der Waals surface area contributed by atoms with E-state index in [1.165, 1.54) is 6.33 Å². The van der Waals surface area contributed by atoms with Gasteiger partial charge >= 0.3 is 0 Å². The van der Waals surface area contributed by atoms with Gasteiger partial charge in [-0.05, 0) is 16.1 Å². The van der Waals surface area contributed by atoms with Crippen molar-refractivity contribution in [1.29, 1.82) is 0 Å². The lowest BCUT2D eigenvalue weighted by molar-refractivity contribution is 1.20. The number of aromatic nitrogens is 4. The van der Waals surface area contributed by atoms with Crippen molar-refractivity contribution in [2.45, 2.75) is 0 Å². The highest BCUT2D eigenvalue weighted by Gasteiger charge is 2.00. The van der Waals surface area contributed by atoms with Crippen LogP contribution in [0.25, 0.3) is 11.2 Å². The minimum atomic E-state index is 0.214. The molecule has 0 unspecified atom stereocenters. The third-order valence-corrected chi connectivity index (χ3v) is 2.09. The normalized spacial score (nSPS) is 12.8. The highest BCUT2D eigenvalue weighted by atomic mass is 32.1. The number of nitrogens with zero attached hydrogens (tertiary/aromatic N) is 3. The molecule has 13 heavy (non-hydrogen) atoms. The van der Waals surface area contributed by atoms with Crippen molar-refractivity contribution in [1.82, 2.24) is 19.9 Å². The van der Waals surface area contributed by atoms with Crippen molar-refractivity contribution in [3.8, 4) is 0 Å². The van der Waals surface area contributed by atoms with Crippen LogP contribution in [-0.2, 0) is 0 Å². The minimum absolute atomic E-state index is 0.214. The molecule has 8 heteroatoms. The van der Waals surface area contributed by atoms with Gasteiger partial charge in [0.2, 0.25) is 0 Å². The third kappa shape index (κ3) is 1.31. The number of nitrogen functional groups attached to an aromatic ring is 1. The zero-order valence-electron chi connectivity index (χ0n) is 6.35. The molecule has 0 radical (unpaired) electrons. The number of hydrogen-bond donors (Lipinski definition) is 4. The zero-order valence-corrected chi connectivity index (χ0v) is 7.25. The van der Waals surface area contributed by atoms with E-state index in [0.29, 0.717) is 15.8 Å². The average Bonchev–Trinajstić information content (AvgIpc) is 2.52. The molecule has 0 fully saturated rings. The Hall–Kier alpha value is -1.70. The van der Waals surface area contributed by atoms with Crippen LogP contribution in [-0.4, -0.2) is 19.9 Å². The summed E-state index contributed by atoms with van der Waals surface area (Å²) in [5.41, 5.74) is 6.57. The van der Waals surface area contributed by atoms with Crippen molar-refractivity contribution in [3.05, 3.63) is 15.9 Å². The summed E-state index contributed by atoms with van der Waals surface area (Å²) in [6, 6.07) is 0. The molecule has 0 amide bonds. The Kier molecular flexibility index (Phi) is 1.81. The molecule has 7 nitrogen and oxygen atoms in total. The zero-order chi connectivity index (χ0) is 9.26. The first-order valence-corrected chi connectivity index (χ1v) is 4.21. The summed E-state index contributed by atoms with van der Waals surface area (Å²) in [4.78, 5) is 23.5. The lowest BCUT2D eigenvalue weighted by Gasteiger charge is -1.93. The number of rotatable bonds is 1. The lowest BCUT2D eigenvalue weighted by Crippen LogP contribution is -1.95.